The van der Waals surface area contributed by atoms with Crippen molar-refractivity contribution < 1.29 is 4.79 Å². The van der Waals surface area contributed by atoms with Gasteiger partial charge < -0.3 is 0 Å². The molecule has 23 heavy (non-hydrogen) atoms. The molecule has 7 heteroatoms. The lowest BCUT2D eigenvalue weighted by molar-refractivity contribution is 0.101. The molecule has 1 N–H and O–H groups in total. The first-order valence-electron chi connectivity index (χ1n) is 7.14. The summed E-state index contributed by atoms with van der Waals surface area (Å²) < 4.78 is 1.68. The van der Waals surface area contributed by atoms with Crippen molar-refractivity contribution in [1.82, 2.24) is 14.8 Å². The Morgan fingerprint density at radius 1 is 1.35 bits per heavy atom. The Morgan fingerprint density at radius 3 is 2.78 bits per heavy atom. The van der Waals surface area contributed by atoms with Gasteiger partial charge in [-0.1, -0.05) is 23.7 Å². The molecular formula is C16H15ClN4OS. The number of anilines is 1. The van der Waals surface area contributed by atoms with Gasteiger partial charge in [0, 0.05) is 22.5 Å². The Hall–Kier alpha value is -2.18. The third-order valence-electron chi connectivity index (χ3n) is 3.30. The Labute approximate surface area is 142 Å². The monoisotopic (exact) mass is 346 g/mol. The van der Waals surface area contributed by atoms with E-state index in [0.29, 0.717) is 22.4 Å². The van der Waals surface area contributed by atoms with E-state index in [1.807, 2.05) is 43.5 Å². The van der Waals surface area contributed by atoms with Gasteiger partial charge in [0.05, 0.1) is 11.4 Å². The highest BCUT2D eigenvalue weighted by Gasteiger charge is 2.15. The molecule has 118 valence electrons. The van der Waals surface area contributed by atoms with E-state index in [2.05, 4.69) is 15.4 Å². The van der Waals surface area contributed by atoms with Crippen molar-refractivity contribution >= 4 is 34.0 Å². The highest BCUT2D eigenvalue weighted by atomic mass is 35.5. The normalized spacial score (nSPS) is 10.7. The fourth-order valence-corrected chi connectivity index (χ4v) is 3.06. The van der Waals surface area contributed by atoms with Crippen LogP contribution in [0.4, 0.5) is 5.13 Å². The second-order valence-electron chi connectivity index (χ2n) is 4.99. The number of hydrogen-bond donors (Lipinski definition) is 1. The van der Waals surface area contributed by atoms with Crippen molar-refractivity contribution in [2.24, 2.45) is 0 Å². The second kappa shape index (κ2) is 6.52. The standard InChI is InChI=1S/C16H15ClN4OS/c1-3-21-14(8-10(2)20-21)15(22)19-16-18-13(9-23-16)11-4-6-12(17)7-5-11/h4-9H,3H2,1-2H3,(H,18,19,22). The van der Waals surface area contributed by atoms with Gasteiger partial charge in [0.15, 0.2) is 5.13 Å². The molecule has 0 aliphatic heterocycles. The summed E-state index contributed by atoms with van der Waals surface area (Å²) >= 11 is 7.27. The molecular weight excluding hydrogens is 332 g/mol. The lowest BCUT2D eigenvalue weighted by Gasteiger charge is -2.03. The minimum Gasteiger partial charge on any atom is -0.296 e. The van der Waals surface area contributed by atoms with Crippen LogP contribution in [0, 0.1) is 6.92 Å². The molecule has 3 rings (SSSR count). The molecule has 0 spiro atoms. The number of carbonyl (C=O) groups excluding carboxylic acids is 1. The smallest absolute Gasteiger partial charge is 0.275 e. The van der Waals surface area contributed by atoms with Crippen LogP contribution in [0.15, 0.2) is 35.7 Å². The van der Waals surface area contributed by atoms with Crippen LogP contribution < -0.4 is 5.32 Å². The van der Waals surface area contributed by atoms with Crippen LogP contribution in [-0.4, -0.2) is 20.7 Å². The molecule has 0 saturated carbocycles. The predicted molar refractivity (Wildman–Crippen MR) is 93.2 cm³/mol. The minimum absolute atomic E-state index is 0.204. The average Bonchev–Trinajstić information content (AvgIpc) is 3.14. The van der Waals surface area contributed by atoms with E-state index < -0.39 is 0 Å². The van der Waals surface area contributed by atoms with Gasteiger partial charge in [0.25, 0.3) is 5.91 Å². The number of halogens is 1. The number of nitrogens with one attached hydrogen (secondary N) is 1. The number of benzene rings is 1. The van der Waals surface area contributed by atoms with Gasteiger partial charge in [0.1, 0.15) is 5.69 Å². The molecule has 2 heterocycles. The molecule has 0 atom stereocenters. The molecule has 0 bridgehead atoms. The summed E-state index contributed by atoms with van der Waals surface area (Å²) in [5.74, 6) is -0.204. The number of aromatic nitrogens is 3. The summed E-state index contributed by atoms with van der Waals surface area (Å²) in [7, 11) is 0. The maximum atomic E-state index is 12.4. The zero-order chi connectivity index (χ0) is 16.4. The van der Waals surface area contributed by atoms with E-state index in [0.717, 1.165) is 17.0 Å². The summed E-state index contributed by atoms with van der Waals surface area (Å²) in [6.07, 6.45) is 0. The van der Waals surface area contributed by atoms with Gasteiger partial charge >= 0.3 is 0 Å². The number of carbonyl (C=O) groups is 1. The zero-order valence-corrected chi connectivity index (χ0v) is 14.3. The molecule has 1 amide bonds. The first-order valence-corrected chi connectivity index (χ1v) is 8.40. The number of amides is 1. The molecule has 0 aliphatic rings. The summed E-state index contributed by atoms with van der Waals surface area (Å²) in [6.45, 7) is 4.46. The number of rotatable bonds is 4. The van der Waals surface area contributed by atoms with Gasteiger partial charge in [0.2, 0.25) is 0 Å². The largest absolute Gasteiger partial charge is 0.296 e. The summed E-state index contributed by atoms with van der Waals surface area (Å²) in [6, 6.07) is 9.21. The van der Waals surface area contributed by atoms with Gasteiger partial charge in [-0.25, -0.2) is 4.98 Å². The molecule has 0 unspecified atom stereocenters. The van der Waals surface area contributed by atoms with Crippen LogP contribution >= 0.6 is 22.9 Å². The van der Waals surface area contributed by atoms with Crippen molar-refractivity contribution in [1.29, 1.82) is 0 Å². The van der Waals surface area contributed by atoms with Crippen LogP contribution in [0.3, 0.4) is 0 Å². The molecule has 2 aromatic heterocycles. The summed E-state index contributed by atoms with van der Waals surface area (Å²) in [5, 5.41) is 10.3. The molecule has 0 saturated heterocycles. The van der Waals surface area contributed by atoms with Crippen LogP contribution in [0.5, 0.6) is 0 Å². The maximum absolute atomic E-state index is 12.4. The molecule has 1 aromatic carbocycles. The van der Waals surface area contributed by atoms with Crippen LogP contribution in [0.1, 0.15) is 23.1 Å². The van der Waals surface area contributed by atoms with E-state index in [-0.39, 0.29) is 5.91 Å². The Morgan fingerprint density at radius 2 is 2.09 bits per heavy atom. The predicted octanol–water partition coefficient (Wildman–Crippen LogP) is 4.24. The van der Waals surface area contributed by atoms with E-state index >= 15 is 0 Å². The molecule has 0 aliphatic carbocycles. The quantitative estimate of drug-likeness (QED) is 0.768. The average molecular weight is 347 g/mol. The van der Waals surface area contributed by atoms with E-state index in [1.165, 1.54) is 11.3 Å². The van der Waals surface area contributed by atoms with E-state index in [1.54, 1.807) is 10.7 Å². The Bertz CT molecular complexity index is 838. The maximum Gasteiger partial charge on any atom is 0.275 e. The topological polar surface area (TPSA) is 59.8 Å². The molecule has 3 aromatic rings. The summed E-state index contributed by atoms with van der Waals surface area (Å²) in [5.41, 5.74) is 3.12. The summed E-state index contributed by atoms with van der Waals surface area (Å²) in [4.78, 5) is 16.8. The lowest BCUT2D eigenvalue weighted by Crippen LogP contribution is -2.17. The third-order valence-corrected chi connectivity index (χ3v) is 4.31. The van der Waals surface area contributed by atoms with Gasteiger partial charge in [-0.3, -0.25) is 14.8 Å². The minimum atomic E-state index is -0.204. The lowest BCUT2D eigenvalue weighted by atomic mass is 10.2. The van der Waals surface area contributed by atoms with E-state index in [9.17, 15) is 4.79 Å². The van der Waals surface area contributed by atoms with Crippen LogP contribution in [0.2, 0.25) is 5.02 Å². The third kappa shape index (κ3) is 3.43. The molecule has 5 nitrogen and oxygen atoms in total. The van der Waals surface area contributed by atoms with Crippen LogP contribution in [-0.2, 0) is 6.54 Å². The van der Waals surface area contributed by atoms with Crippen molar-refractivity contribution in [2.45, 2.75) is 20.4 Å². The fourth-order valence-electron chi connectivity index (χ4n) is 2.21. The number of thiazole rings is 1. The van der Waals surface area contributed by atoms with Crippen molar-refractivity contribution in [2.75, 3.05) is 5.32 Å². The highest BCUT2D eigenvalue weighted by molar-refractivity contribution is 7.14. The van der Waals surface area contributed by atoms with Crippen LogP contribution in [0.25, 0.3) is 11.3 Å². The highest BCUT2D eigenvalue weighted by Crippen LogP contribution is 2.26. The Kier molecular flexibility index (Phi) is 4.45. The number of hydrogen-bond acceptors (Lipinski definition) is 4. The number of aryl methyl sites for hydroxylation is 2. The SMILES string of the molecule is CCn1nc(C)cc1C(=O)Nc1nc(-c2ccc(Cl)cc2)cs1. The fraction of sp³-hybridized carbons (Fsp3) is 0.188. The first kappa shape index (κ1) is 15.7. The first-order chi connectivity index (χ1) is 11.1. The van der Waals surface area contributed by atoms with Gasteiger partial charge in [-0.2, -0.15) is 5.10 Å². The number of nitrogens with zero attached hydrogens (tertiary/aromatic N) is 3. The van der Waals surface area contributed by atoms with E-state index in [4.69, 9.17) is 11.6 Å². The van der Waals surface area contributed by atoms with Crippen molar-refractivity contribution in [3.63, 3.8) is 0 Å². The van der Waals surface area contributed by atoms with Crippen molar-refractivity contribution in [3.05, 3.63) is 52.1 Å². The zero-order valence-electron chi connectivity index (χ0n) is 12.7. The van der Waals surface area contributed by atoms with Crippen molar-refractivity contribution in [3.8, 4) is 11.3 Å². The molecule has 0 fully saturated rings. The second-order valence-corrected chi connectivity index (χ2v) is 6.28. The van der Waals surface area contributed by atoms with Gasteiger partial charge in [-0.05, 0) is 32.0 Å². The van der Waals surface area contributed by atoms with Gasteiger partial charge in [-0.15, -0.1) is 11.3 Å². The Balaban J connectivity index is 1.78. The molecule has 0 radical (unpaired) electrons.